The molecule has 3 amide bonds. The number of nitrogens with one attached hydrogen (secondary N) is 2. The first-order valence-corrected chi connectivity index (χ1v) is 12.4. The molecule has 0 saturated carbocycles. The lowest BCUT2D eigenvalue weighted by Gasteiger charge is -2.30. The number of nitrogens with zero attached hydrogens (tertiary/aromatic N) is 3. The molecule has 2 unspecified atom stereocenters. The number of carbonyl (C=O) groups excluding carboxylic acids is 2. The molecule has 1 aromatic rings. The predicted molar refractivity (Wildman–Crippen MR) is 130 cm³/mol. The summed E-state index contributed by atoms with van der Waals surface area (Å²) in [7, 11) is 3.84. The van der Waals surface area contributed by atoms with Crippen LogP contribution >= 0.6 is 11.3 Å². The van der Waals surface area contributed by atoms with Crippen molar-refractivity contribution in [3.63, 3.8) is 0 Å². The average molecular weight is 481 g/mol. The Balaban J connectivity index is 2.13. The van der Waals surface area contributed by atoms with Crippen LogP contribution in [-0.2, 0) is 17.6 Å². The molecule has 0 radical (unpaired) electrons. The van der Waals surface area contributed by atoms with Gasteiger partial charge in [-0.3, -0.25) is 9.69 Å². The summed E-state index contributed by atoms with van der Waals surface area (Å²) in [5.41, 5.74) is 7.58. The Labute approximate surface area is 200 Å². The highest BCUT2D eigenvalue weighted by molar-refractivity contribution is 7.16. The standard InChI is InChI=1S/C23H37FN6O2S/c1-4-10-30(23(32)28-9-11-29(2)3)22(31)17(15-27-8-7-24)12-16-5-6-20-18(13-16)19(14-25)21(26)33-20/h16-17,27H,4-13,15,26H2,1-3H3,(H,28,32). The molecule has 0 aromatic carbocycles. The van der Waals surface area contributed by atoms with Crippen molar-refractivity contribution in [3.8, 4) is 6.07 Å². The van der Waals surface area contributed by atoms with Gasteiger partial charge in [-0.15, -0.1) is 11.3 Å². The number of carbonyl (C=O) groups is 2. The second-order valence-electron chi connectivity index (χ2n) is 8.81. The van der Waals surface area contributed by atoms with Crippen molar-refractivity contribution in [2.75, 3.05) is 59.2 Å². The Morgan fingerprint density at radius 3 is 2.73 bits per heavy atom. The molecular weight excluding hydrogens is 443 g/mol. The van der Waals surface area contributed by atoms with E-state index < -0.39 is 12.6 Å². The molecule has 1 aliphatic carbocycles. The minimum absolute atomic E-state index is 0.168. The third kappa shape index (κ3) is 7.66. The second-order valence-corrected chi connectivity index (χ2v) is 9.95. The fourth-order valence-corrected chi connectivity index (χ4v) is 5.32. The number of alkyl halides is 1. The SMILES string of the molecule is CCCN(C(=O)NCCN(C)C)C(=O)C(CNCCF)CC1CCc2sc(N)c(C#N)c2C1. The molecule has 8 nitrogen and oxygen atoms in total. The van der Waals surface area contributed by atoms with Gasteiger partial charge in [-0.05, 0) is 57.7 Å². The number of thiophene rings is 1. The Morgan fingerprint density at radius 2 is 2.09 bits per heavy atom. The third-order valence-corrected chi connectivity index (χ3v) is 7.05. The highest BCUT2D eigenvalue weighted by atomic mass is 32.1. The number of hydrogen-bond donors (Lipinski definition) is 3. The van der Waals surface area contributed by atoms with Gasteiger partial charge in [-0.2, -0.15) is 5.26 Å². The van der Waals surface area contributed by atoms with E-state index in [1.807, 2.05) is 25.9 Å². The lowest BCUT2D eigenvalue weighted by Crippen LogP contribution is -2.50. The fourth-order valence-electron chi connectivity index (χ4n) is 4.26. The van der Waals surface area contributed by atoms with Crippen molar-refractivity contribution in [2.24, 2.45) is 11.8 Å². The van der Waals surface area contributed by atoms with Crippen LogP contribution in [0.3, 0.4) is 0 Å². The quantitative estimate of drug-likeness (QED) is 0.396. The summed E-state index contributed by atoms with van der Waals surface area (Å²) < 4.78 is 12.7. The summed E-state index contributed by atoms with van der Waals surface area (Å²) in [6.07, 6.45) is 3.65. The number of hydrogen-bond acceptors (Lipinski definition) is 7. The number of rotatable bonds is 12. The largest absolute Gasteiger partial charge is 0.389 e. The number of fused-ring (bicyclic) bond motifs is 1. The van der Waals surface area contributed by atoms with Gasteiger partial charge in [-0.25, -0.2) is 9.18 Å². The van der Waals surface area contributed by atoms with Crippen LogP contribution in [0.5, 0.6) is 0 Å². The molecule has 184 valence electrons. The van der Waals surface area contributed by atoms with E-state index in [1.165, 1.54) is 16.2 Å². The Morgan fingerprint density at radius 1 is 1.33 bits per heavy atom. The zero-order chi connectivity index (χ0) is 24.4. The molecule has 2 rings (SSSR count). The maximum Gasteiger partial charge on any atom is 0.324 e. The van der Waals surface area contributed by atoms with E-state index in [4.69, 9.17) is 5.73 Å². The number of imide groups is 1. The van der Waals surface area contributed by atoms with Crippen LogP contribution in [0.2, 0.25) is 0 Å². The molecule has 1 aliphatic rings. The summed E-state index contributed by atoms with van der Waals surface area (Å²) in [5, 5.41) is 15.9. The minimum Gasteiger partial charge on any atom is -0.389 e. The first kappa shape index (κ1) is 27.0. The van der Waals surface area contributed by atoms with Gasteiger partial charge in [0.25, 0.3) is 0 Å². The third-order valence-electron chi connectivity index (χ3n) is 5.92. The maximum absolute atomic E-state index is 13.5. The van der Waals surface area contributed by atoms with Gasteiger partial charge in [-0.1, -0.05) is 6.92 Å². The van der Waals surface area contributed by atoms with Crippen LogP contribution in [0.4, 0.5) is 14.2 Å². The number of nitrogens with two attached hydrogens (primary N) is 1. The van der Waals surface area contributed by atoms with Gasteiger partial charge < -0.3 is 21.3 Å². The maximum atomic E-state index is 13.5. The second kappa shape index (κ2) is 13.5. The predicted octanol–water partition coefficient (Wildman–Crippen LogP) is 2.38. The van der Waals surface area contributed by atoms with Crippen LogP contribution in [0.1, 0.15) is 42.2 Å². The van der Waals surface area contributed by atoms with Gasteiger partial charge in [0.15, 0.2) is 0 Å². The summed E-state index contributed by atoms with van der Waals surface area (Å²) in [5.74, 6) is -0.488. The van der Waals surface area contributed by atoms with Gasteiger partial charge in [0.1, 0.15) is 17.7 Å². The van der Waals surface area contributed by atoms with E-state index >= 15 is 0 Å². The smallest absolute Gasteiger partial charge is 0.324 e. The molecule has 0 fully saturated rings. The Kier molecular flexibility index (Phi) is 11.0. The van der Waals surface area contributed by atoms with Crippen LogP contribution in [0, 0.1) is 23.2 Å². The summed E-state index contributed by atoms with van der Waals surface area (Å²) in [6.45, 7) is 3.35. The van der Waals surface area contributed by atoms with Crippen molar-refractivity contribution >= 4 is 28.3 Å². The highest BCUT2D eigenvalue weighted by Crippen LogP contribution is 2.39. The first-order valence-electron chi connectivity index (χ1n) is 11.6. The summed E-state index contributed by atoms with van der Waals surface area (Å²) >= 11 is 1.48. The van der Waals surface area contributed by atoms with Crippen LogP contribution in [0.25, 0.3) is 0 Å². The number of anilines is 1. The Bertz CT molecular complexity index is 838. The van der Waals surface area contributed by atoms with E-state index in [0.717, 1.165) is 23.3 Å². The van der Waals surface area contributed by atoms with Gasteiger partial charge in [0.2, 0.25) is 5.91 Å². The lowest BCUT2D eigenvalue weighted by atomic mass is 9.80. The molecule has 1 aromatic heterocycles. The van der Waals surface area contributed by atoms with E-state index in [1.54, 1.807) is 0 Å². The number of halogens is 1. The van der Waals surface area contributed by atoms with Gasteiger partial charge >= 0.3 is 6.03 Å². The number of likely N-dealkylation sites (N-methyl/N-ethyl adjacent to an activating group) is 1. The normalized spacial score (nSPS) is 16.2. The zero-order valence-corrected chi connectivity index (χ0v) is 20.8. The number of aryl methyl sites for hydroxylation is 1. The highest BCUT2D eigenvalue weighted by Gasteiger charge is 2.33. The van der Waals surface area contributed by atoms with Gasteiger partial charge in [0.05, 0.1) is 11.5 Å². The molecular formula is C23H37FN6O2S. The molecule has 2 atom stereocenters. The fraction of sp³-hybridized carbons (Fsp3) is 0.696. The van der Waals surface area contributed by atoms with Gasteiger partial charge in [0, 0.05) is 37.6 Å². The van der Waals surface area contributed by atoms with Crippen LogP contribution in [-0.4, -0.2) is 75.2 Å². The number of amides is 3. The molecule has 0 aliphatic heterocycles. The van der Waals surface area contributed by atoms with Crippen LogP contribution in [0.15, 0.2) is 0 Å². The average Bonchev–Trinajstić information content (AvgIpc) is 3.10. The number of urea groups is 1. The molecule has 10 heteroatoms. The number of nitriles is 1. The molecule has 4 N–H and O–H groups in total. The van der Waals surface area contributed by atoms with Crippen molar-refractivity contribution < 1.29 is 14.0 Å². The van der Waals surface area contributed by atoms with Crippen LogP contribution < -0.4 is 16.4 Å². The van der Waals surface area contributed by atoms with E-state index in [9.17, 15) is 19.2 Å². The van der Waals surface area contributed by atoms with E-state index in [2.05, 4.69) is 16.7 Å². The molecule has 33 heavy (non-hydrogen) atoms. The van der Waals surface area contributed by atoms with Crippen molar-refractivity contribution in [2.45, 2.75) is 39.0 Å². The molecule has 0 saturated heterocycles. The Hall–Kier alpha value is -2.22. The topological polar surface area (TPSA) is 114 Å². The summed E-state index contributed by atoms with van der Waals surface area (Å²) in [6, 6.07) is 1.83. The van der Waals surface area contributed by atoms with Crippen molar-refractivity contribution in [3.05, 3.63) is 16.0 Å². The van der Waals surface area contributed by atoms with E-state index in [-0.39, 0.29) is 24.4 Å². The van der Waals surface area contributed by atoms with Crippen molar-refractivity contribution in [1.82, 2.24) is 20.4 Å². The molecule has 0 spiro atoms. The number of nitrogen functional groups attached to an aromatic ring is 1. The van der Waals surface area contributed by atoms with E-state index in [0.29, 0.717) is 56.0 Å². The minimum atomic E-state index is -0.517. The monoisotopic (exact) mass is 480 g/mol. The lowest BCUT2D eigenvalue weighted by molar-refractivity contribution is -0.133. The zero-order valence-electron chi connectivity index (χ0n) is 20.0. The summed E-state index contributed by atoms with van der Waals surface area (Å²) in [4.78, 5) is 30.7. The van der Waals surface area contributed by atoms with Crippen molar-refractivity contribution in [1.29, 1.82) is 5.26 Å². The molecule has 1 heterocycles. The molecule has 0 bridgehead atoms. The first-order chi connectivity index (χ1) is 15.8.